The van der Waals surface area contributed by atoms with Gasteiger partial charge in [0.1, 0.15) is 6.10 Å². The molecule has 1 fully saturated rings. The van der Waals surface area contributed by atoms with E-state index in [1.165, 1.54) is 11.1 Å². The minimum Gasteiger partial charge on any atom is -0.370 e. The van der Waals surface area contributed by atoms with Crippen LogP contribution in [0.5, 0.6) is 0 Å². The summed E-state index contributed by atoms with van der Waals surface area (Å²) in [6, 6.07) is 11.7. The van der Waals surface area contributed by atoms with Crippen molar-refractivity contribution in [2.24, 2.45) is 0 Å². The second kappa shape index (κ2) is 7.77. The number of nitrogens with zero attached hydrogens (tertiary/aromatic N) is 1. The van der Waals surface area contributed by atoms with Crippen LogP contribution < -0.4 is 0 Å². The number of hydrogen-bond acceptors (Lipinski definition) is 2. The lowest BCUT2D eigenvalue weighted by molar-refractivity contribution is -0.138. The molecule has 25 heavy (non-hydrogen) atoms. The summed E-state index contributed by atoms with van der Waals surface area (Å²) in [5.74, 6) is 0.123. The predicted molar refractivity (Wildman–Crippen MR) is 101 cm³/mol. The van der Waals surface area contributed by atoms with E-state index in [4.69, 9.17) is 27.9 Å². The molecule has 0 N–H and O–H groups in total. The molecule has 1 atom stereocenters. The molecule has 5 heteroatoms. The van der Waals surface area contributed by atoms with Crippen molar-refractivity contribution in [2.75, 3.05) is 19.7 Å². The summed E-state index contributed by atoms with van der Waals surface area (Å²) in [5, 5.41) is 1.02. The van der Waals surface area contributed by atoms with Gasteiger partial charge in [-0.25, -0.2) is 0 Å². The third-order valence-electron chi connectivity index (χ3n) is 4.37. The Kier molecular flexibility index (Phi) is 5.67. The highest BCUT2D eigenvalue weighted by Gasteiger charge is 2.25. The van der Waals surface area contributed by atoms with E-state index in [1.807, 2.05) is 17.0 Å². The number of carbonyl (C=O) groups is 1. The molecule has 0 radical (unpaired) electrons. The molecule has 2 aromatic carbocycles. The summed E-state index contributed by atoms with van der Waals surface area (Å²) >= 11 is 12.1. The van der Waals surface area contributed by atoms with Gasteiger partial charge >= 0.3 is 0 Å². The summed E-state index contributed by atoms with van der Waals surface area (Å²) < 4.78 is 5.83. The molecule has 1 unspecified atom stereocenters. The van der Waals surface area contributed by atoms with E-state index >= 15 is 0 Å². The van der Waals surface area contributed by atoms with Gasteiger partial charge in [0.05, 0.1) is 29.6 Å². The van der Waals surface area contributed by atoms with Crippen molar-refractivity contribution in [3.63, 3.8) is 0 Å². The lowest BCUT2D eigenvalue weighted by Gasteiger charge is -2.33. The first-order valence-corrected chi connectivity index (χ1v) is 9.09. The van der Waals surface area contributed by atoms with E-state index in [2.05, 4.69) is 32.0 Å². The summed E-state index contributed by atoms with van der Waals surface area (Å²) in [6.45, 7) is 5.76. The number of amides is 1. The van der Waals surface area contributed by atoms with Crippen molar-refractivity contribution in [1.82, 2.24) is 4.90 Å². The van der Waals surface area contributed by atoms with Gasteiger partial charge in [0.2, 0.25) is 5.91 Å². The van der Waals surface area contributed by atoms with E-state index in [9.17, 15) is 4.79 Å². The highest BCUT2D eigenvalue weighted by molar-refractivity contribution is 6.42. The van der Waals surface area contributed by atoms with Gasteiger partial charge in [-0.2, -0.15) is 0 Å². The molecular weight excluding hydrogens is 357 g/mol. The fourth-order valence-corrected chi connectivity index (χ4v) is 3.55. The topological polar surface area (TPSA) is 29.5 Å². The van der Waals surface area contributed by atoms with Gasteiger partial charge in [0.15, 0.2) is 0 Å². The molecule has 0 bridgehead atoms. The molecule has 1 aliphatic rings. The molecule has 0 saturated carbocycles. The number of aryl methyl sites for hydroxylation is 2. The maximum atomic E-state index is 12.7. The number of ether oxygens (including phenoxy) is 1. The van der Waals surface area contributed by atoms with Crippen molar-refractivity contribution in [3.05, 3.63) is 68.7 Å². The van der Waals surface area contributed by atoms with Crippen LogP contribution in [0.3, 0.4) is 0 Å². The van der Waals surface area contributed by atoms with E-state index in [0.29, 0.717) is 36.2 Å². The maximum Gasteiger partial charge on any atom is 0.227 e. The SMILES string of the molecule is Cc1cc(C)cc(CC(=O)N2CCOC(c3ccc(Cl)c(Cl)c3)C2)c1. The standard InChI is InChI=1S/C20H21Cl2NO2/c1-13-7-14(2)9-15(8-13)10-20(24)23-5-6-25-19(12-23)16-3-4-17(21)18(22)11-16/h3-4,7-9,11,19H,5-6,10,12H2,1-2H3. The van der Waals surface area contributed by atoms with Crippen LogP contribution in [0.1, 0.15) is 28.4 Å². The van der Waals surface area contributed by atoms with E-state index in [0.717, 1.165) is 11.1 Å². The quantitative estimate of drug-likeness (QED) is 0.771. The lowest BCUT2D eigenvalue weighted by atomic mass is 10.0. The first kappa shape index (κ1) is 18.2. The molecule has 0 spiro atoms. The largest absolute Gasteiger partial charge is 0.370 e. The fraction of sp³-hybridized carbons (Fsp3) is 0.350. The average Bonchev–Trinajstić information content (AvgIpc) is 2.56. The Morgan fingerprint density at radius 3 is 2.52 bits per heavy atom. The zero-order valence-corrected chi connectivity index (χ0v) is 15.9. The summed E-state index contributed by atoms with van der Waals surface area (Å²) in [5.41, 5.74) is 4.36. The first-order valence-electron chi connectivity index (χ1n) is 8.34. The van der Waals surface area contributed by atoms with Gasteiger partial charge < -0.3 is 9.64 Å². The number of carbonyl (C=O) groups excluding carboxylic acids is 1. The second-order valence-corrected chi connectivity index (χ2v) is 7.36. The van der Waals surface area contributed by atoms with Crippen molar-refractivity contribution >= 4 is 29.1 Å². The molecule has 3 nitrogen and oxygen atoms in total. The minimum absolute atomic E-state index is 0.123. The first-order chi connectivity index (χ1) is 11.9. The number of halogens is 2. The molecule has 1 aliphatic heterocycles. The second-order valence-electron chi connectivity index (χ2n) is 6.55. The van der Waals surface area contributed by atoms with Gasteiger partial charge in [-0.15, -0.1) is 0 Å². The van der Waals surface area contributed by atoms with Gasteiger partial charge in [-0.3, -0.25) is 4.79 Å². The number of hydrogen-bond donors (Lipinski definition) is 0. The summed E-state index contributed by atoms with van der Waals surface area (Å²) in [6.07, 6.45) is 0.239. The lowest BCUT2D eigenvalue weighted by Crippen LogP contribution is -2.43. The Morgan fingerprint density at radius 2 is 1.84 bits per heavy atom. The number of rotatable bonds is 3. The molecular formula is C20H21Cl2NO2. The van der Waals surface area contributed by atoms with Crippen LogP contribution in [0.25, 0.3) is 0 Å². The predicted octanol–water partition coefficient (Wildman–Crippen LogP) is 4.75. The Morgan fingerprint density at radius 1 is 1.12 bits per heavy atom. The van der Waals surface area contributed by atoms with Crippen molar-refractivity contribution < 1.29 is 9.53 Å². The van der Waals surface area contributed by atoms with Gasteiger partial charge in [-0.1, -0.05) is 58.6 Å². The molecule has 0 aliphatic carbocycles. The average molecular weight is 378 g/mol. The van der Waals surface area contributed by atoms with Crippen LogP contribution in [0.4, 0.5) is 0 Å². The maximum absolute atomic E-state index is 12.7. The Balaban J connectivity index is 1.69. The highest BCUT2D eigenvalue weighted by atomic mass is 35.5. The van der Waals surface area contributed by atoms with E-state index in [1.54, 1.807) is 6.07 Å². The molecule has 1 heterocycles. The summed E-state index contributed by atoms with van der Waals surface area (Å²) in [7, 11) is 0. The highest BCUT2D eigenvalue weighted by Crippen LogP contribution is 2.29. The van der Waals surface area contributed by atoms with Crippen LogP contribution in [0.15, 0.2) is 36.4 Å². The zero-order chi connectivity index (χ0) is 18.0. The smallest absolute Gasteiger partial charge is 0.227 e. The Bertz CT molecular complexity index is 771. The molecule has 0 aromatic heterocycles. The minimum atomic E-state index is -0.174. The van der Waals surface area contributed by atoms with Gasteiger partial charge in [-0.05, 0) is 37.1 Å². The monoisotopic (exact) mass is 377 g/mol. The van der Waals surface area contributed by atoms with Gasteiger partial charge in [0.25, 0.3) is 0 Å². The molecule has 2 aromatic rings. The normalized spacial score (nSPS) is 17.6. The molecule has 1 saturated heterocycles. The zero-order valence-electron chi connectivity index (χ0n) is 14.4. The third-order valence-corrected chi connectivity index (χ3v) is 5.11. The Labute approximate surface area is 158 Å². The van der Waals surface area contributed by atoms with Crippen LogP contribution in [-0.2, 0) is 16.0 Å². The van der Waals surface area contributed by atoms with Crippen LogP contribution >= 0.6 is 23.2 Å². The Hall–Kier alpha value is -1.55. The third kappa shape index (κ3) is 4.55. The molecule has 132 valence electrons. The van der Waals surface area contributed by atoms with E-state index in [-0.39, 0.29) is 12.0 Å². The number of benzene rings is 2. The van der Waals surface area contributed by atoms with E-state index < -0.39 is 0 Å². The van der Waals surface area contributed by atoms with Crippen LogP contribution in [-0.4, -0.2) is 30.5 Å². The van der Waals surface area contributed by atoms with Crippen molar-refractivity contribution in [2.45, 2.75) is 26.4 Å². The summed E-state index contributed by atoms with van der Waals surface area (Å²) in [4.78, 5) is 14.6. The van der Waals surface area contributed by atoms with Gasteiger partial charge in [0, 0.05) is 6.54 Å². The van der Waals surface area contributed by atoms with Crippen LogP contribution in [0, 0.1) is 13.8 Å². The van der Waals surface area contributed by atoms with Crippen molar-refractivity contribution in [3.8, 4) is 0 Å². The fourth-order valence-electron chi connectivity index (χ4n) is 3.25. The number of morpholine rings is 1. The molecule has 1 amide bonds. The van der Waals surface area contributed by atoms with Crippen molar-refractivity contribution in [1.29, 1.82) is 0 Å². The van der Waals surface area contributed by atoms with Crippen LogP contribution in [0.2, 0.25) is 10.0 Å². The molecule has 3 rings (SSSR count).